The van der Waals surface area contributed by atoms with Crippen LogP contribution in [0.4, 0.5) is 0 Å². The maximum Gasteiger partial charge on any atom is 0.0344 e. The van der Waals surface area contributed by atoms with Crippen LogP contribution in [0.2, 0.25) is 0 Å². The van der Waals surface area contributed by atoms with Gasteiger partial charge in [-0.15, -0.1) is 35.3 Å². The fourth-order valence-electron chi connectivity index (χ4n) is 9.35. The molecule has 1 aromatic carbocycles. The summed E-state index contributed by atoms with van der Waals surface area (Å²) < 4.78 is 0. The number of unbranched alkanes of at least 4 members (excludes halogenated alkanes) is 45. The second-order valence-corrected chi connectivity index (χ2v) is 23.4. The van der Waals surface area contributed by atoms with Gasteiger partial charge in [-0.2, -0.15) is 0 Å². The van der Waals surface area contributed by atoms with E-state index in [9.17, 15) is 0 Å². The molecule has 0 amide bonds. The molecule has 0 saturated heterocycles. The highest BCUT2D eigenvalue weighted by molar-refractivity contribution is 8.03. The number of rotatable bonds is 54. The summed E-state index contributed by atoms with van der Waals surface area (Å²) in [5.74, 6) is 3.87. The fourth-order valence-corrected chi connectivity index (χ4v) is 13.1. The Labute approximate surface area is 412 Å². The summed E-state index contributed by atoms with van der Waals surface area (Å²) in [6.07, 6.45) is 69.6. The summed E-state index contributed by atoms with van der Waals surface area (Å²) in [6, 6.07) is 7.27. The molecule has 0 unspecified atom stereocenters. The molecular formula is C60H114S3. The Hall–Kier alpha value is 0.270. The average Bonchev–Trinajstić information content (AvgIpc) is 3.30. The smallest absolute Gasteiger partial charge is 0.0344 e. The van der Waals surface area contributed by atoms with E-state index in [2.05, 4.69) is 74.3 Å². The third kappa shape index (κ3) is 44.5. The molecule has 0 saturated carbocycles. The highest BCUT2D eigenvalue weighted by Crippen LogP contribution is 2.40. The number of thioether (sulfide) groups is 3. The van der Waals surface area contributed by atoms with Crippen LogP contribution in [0.15, 0.2) is 32.9 Å². The lowest BCUT2D eigenvalue weighted by Crippen LogP contribution is -1.91. The SMILES string of the molecule is CCCCCCCCCCCCCCCCCCSc1cccc(SCCCCCCCCCCCCCCCCCC)c1SCCCCCCCCCCCCCCCCCC. The van der Waals surface area contributed by atoms with Crippen molar-refractivity contribution in [2.24, 2.45) is 0 Å². The Morgan fingerprint density at radius 3 is 0.603 bits per heavy atom. The minimum atomic E-state index is 1.29. The van der Waals surface area contributed by atoms with Crippen molar-refractivity contribution in [3.05, 3.63) is 18.2 Å². The first-order valence-corrected chi connectivity index (χ1v) is 32.3. The lowest BCUT2D eigenvalue weighted by Gasteiger charge is -2.14. The molecule has 0 aliphatic carbocycles. The lowest BCUT2D eigenvalue weighted by atomic mass is 10.0. The van der Waals surface area contributed by atoms with Gasteiger partial charge in [-0.25, -0.2) is 0 Å². The molecule has 0 spiro atoms. The molecule has 0 bridgehead atoms. The predicted octanol–water partition coefficient (Wildman–Crippen LogP) is 23.7. The van der Waals surface area contributed by atoms with Gasteiger partial charge in [0.05, 0.1) is 0 Å². The minimum Gasteiger partial charge on any atom is -0.125 e. The second-order valence-electron chi connectivity index (χ2n) is 20.0. The van der Waals surface area contributed by atoms with Gasteiger partial charge in [0.25, 0.3) is 0 Å². The number of benzene rings is 1. The van der Waals surface area contributed by atoms with Crippen molar-refractivity contribution in [3.63, 3.8) is 0 Å². The summed E-state index contributed by atoms with van der Waals surface area (Å²) in [6.45, 7) is 6.95. The quantitative estimate of drug-likeness (QED) is 0.0472. The van der Waals surface area contributed by atoms with Crippen LogP contribution in [0, 0.1) is 0 Å². The van der Waals surface area contributed by atoms with Gasteiger partial charge in [0.2, 0.25) is 0 Å². The number of hydrogen-bond donors (Lipinski definition) is 0. The second kappa shape index (κ2) is 53.2. The van der Waals surface area contributed by atoms with Crippen molar-refractivity contribution < 1.29 is 0 Å². The average molecular weight is 932 g/mol. The lowest BCUT2D eigenvalue weighted by molar-refractivity contribution is 0.531. The van der Waals surface area contributed by atoms with Crippen molar-refractivity contribution in [1.29, 1.82) is 0 Å². The van der Waals surface area contributed by atoms with Crippen LogP contribution in [-0.2, 0) is 0 Å². The third-order valence-electron chi connectivity index (χ3n) is 13.7. The first-order chi connectivity index (χ1) is 31.3. The Morgan fingerprint density at radius 2 is 0.397 bits per heavy atom. The highest BCUT2D eigenvalue weighted by atomic mass is 32.2. The van der Waals surface area contributed by atoms with Crippen LogP contribution in [0.5, 0.6) is 0 Å². The molecule has 63 heavy (non-hydrogen) atoms. The molecule has 0 nitrogen and oxygen atoms in total. The van der Waals surface area contributed by atoms with Crippen molar-refractivity contribution in [1.82, 2.24) is 0 Å². The Bertz CT molecular complexity index is 935. The van der Waals surface area contributed by atoms with Gasteiger partial charge in [0.1, 0.15) is 0 Å². The van der Waals surface area contributed by atoms with E-state index in [4.69, 9.17) is 0 Å². The van der Waals surface area contributed by atoms with E-state index in [0.29, 0.717) is 0 Å². The Morgan fingerprint density at radius 1 is 0.222 bits per heavy atom. The van der Waals surface area contributed by atoms with E-state index in [-0.39, 0.29) is 0 Å². The molecule has 0 radical (unpaired) electrons. The van der Waals surface area contributed by atoms with Gasteiger partial charge >= 0.3 is 0 Å². The first-order valence-electron chi connectivity index (χ1n) is 29.3. The van der Waals surface area contributed by atoms with E-state index >= 15 is 0 Å². The van der Waals surface area contributed by atoms with Gasteiger partial charge in [0, 0.05) is 14.7 Å². The topological polar surface area (TPSA) is 0 Å². The molecule has 0 N–H and O–H groups in total. The van der Waals surface area contributed by atoms with E-state index in [1.165, 1.54) is 325 Å². The summed E-state index contributed by atoms with van der Waals surface area (Å²) in [5.41, 5.74) is 0. The molecule has 0 heterocycles. The molecule has 3 heteroatoms. The third-order valence-corrected chi connectivity index (χ3v) is 17.5. The monoisotopic (exact) mass is 931 g/mol. The van der Waals surface area contributed by atoms with Crippen molar-refractivity contribution in [2.45, 2.75) is 344 Å². The molecule has 1 rings (SSSR count). The molecule has 0 atom stereocenters. The van der Waals surface area contributed by atoms with Gasteiger partial charge in [0.15, 0.2) is 0 Å². The normalized spacial score (nSPS) is 11.7. The van der Waals surface area contributed by atoms with Crippen molar-refractivity contribution in [3.8, 4) is 0 Å². The molecule has 1 aromatic rings. The fraction of sp³-hybridized carbons (Fsp3) is 0.900. The van der Waals surface area contributed by atoms with Crippen molar-refractivity contribution >= 4 is 35.3 Å². The van der Waals surface area contributed by atoms with E-state index in [1.807, 2.05) is 0 Å². The zero-order valence-corrected chi connectivity index (χ0v) is 46.0. The maximum absolute atomic E-state index is 2.45. The maximum atomic E-state index is 2.45. The van der Waals surface area contributed by atoms with Crippen molar-refractivity contribution in [2.75, 3.05) is 17.3 Å². The largest absolute Gasteiger partial charge is 0.125 e. The van der Waals surface area contributed by atoms with Crippen LogP contribution in [0.25, 0.3) is 0 Å². The zero-order valence-electron chi connectivity index (χ0n) is 43.5. The van der Waals surface area contributed by atoms with Crippen LogP contribution in [0.1, 0.15) is 329 Å². The van der Waals surface area contributed by atoms with Crippen LogP contribution in [-0.4, -0.2) is 17.3 Å². The van der Waals surface area contributed by atoms with Gasteiger partial charge in [-0.1, -0.05) is 316 Å². The van der Waals surface area contributed by atoms with Gasteiger partial charge in [-0.05, 0) is 48.7 Å². The van der Waals surface area contributed by atoms with E-state index in [1.54, 1.807) is 14.7 Å². The summed E-state index contributed by atoms with van der Waals surface area (Å²) in [4.78, 5) is 4.78. The molecule has 0 aliphatic heterocycles. The first kappa shape index (κ1) is 61.3. The van der Waals surface area contributed by atoms with Crippen LogP contribution < -0.4 is 0 Å². The Kier molecular flexibility index (Phi) is 51.8. The van der Waals surface area contributed by atoms with Gasteiger partial charge in [-0.3, -0.25) is 0 Å². The molecular weight excluding hydrogens is 817 g/mol. The zero-order chi connectivity index (χ0) is 45.0. The summed E-state index contributed by atoms with van der Waals surface area (Å²) >= 11 is 6.53. The minimum absolute atomic E-state index is 1.29. The van der Waals surface area contributed by atoms with E-state index in [0.717, 1.165) is 0 Å². The van der Waals surface area contributed by atoms with Crippen LogP contribution in [0.3, 0.4) is 0 Å². The van der Waals surface area contributed by atoms with Crippen LogP contribution >= 0.6 is 35.3 Å². The Balaban J connectivity index is 2.29. The molecule has 0 aromatic heterocycles. The van der Waals surface area contributed by atoms with E-state index < -0.39 is 0 Å². The predicted molar refractivity (Wildman–Crippen MR) is 297 cm³/mol. The molecule has 0 aliphatic rings. The molecule has 372 valence electrons. The number of hydrogen-bond acceptors (Lipinski definition) is 3. The van der Waals surface area contributed by atoms with Gasteiger partial charge < -0.3 is 0 Å². The molecule has 0 fully saturated rings. The summed E-state index contributed by atoms with van der Waals surface area (Å²) in [7, 11) is 0. The highest BCUT2D eigenvalue weighted by Gasteiger charge is 2.11. The standard InChI is InChI=1S/C60H114S3/c1-4-7-10-13-16-19-22-25-28-31-34-37-40-43-46-49-55-61-58-53-52-54-59(62-56-50-47-44-41-38-35-32-29-26-23-20-17-14-11-8-5-2)60(58)63-57-51-48-45-42-39-36-33-30-27-24-21-18-15-12-9-6-3/h52-54H,4-51,55-57H2,1-3H3. The summed E-state index contributed by atoms with van der Waals surface area (Å²) in [5, 5.41) is 0.